The molecule has 0 saturated carbocycles. The lowest BCUT2D eigenvalue weighted by Crippen LogP contribution is -2.41. The van der Waals surface area contributed by atoms with Crippen LogP contribution in [-0.2, 0) is 6.54 Å². The SMILES string of the molecule is Cc1nc(C)n(CC2CCCN(C(=O)c3cc(C)c(C)cn3)C2)n1. The Kier molecular flexibility index (Phi) is 4.64. The highest BCUT2D eigenvalue weighted by molar-refractivity contribution is 5.92. The van der Waals surface area contributed by atoms with Crippen LogP contribution >= 0.6 is 0 Å². The first-order valence-corrected chi connectivity index (χ1v) is 8.54. The molecule has 1 fully saturated rings. The Bertz CT molecular complexity index is 752. The number of aromatic nitrogens is 4. The van der Waals surface area contributed by atoms with Crippen LogP contribution in [0.15, 0.2) is 12.3 Å². The van der Waals surface area contributed by atoms with Crippen molar-refractivity contribution in [2.45, 2.75) is 47.1 Å². The molecule has 3 rings (SSSR count). The standard InChI is InChI=1S/C18H25N5O/c1-12-8-17(19-9-13(12)2)18(24)22-7-5-6-16(10-22)11-23-15(4)20-14(3)21-23/h8-9,16H,5-7,10-11H2,1-4H3. The summed E-state index contributed by atoms with van der Waals surface area (Å²) in [4.78, 5) is 23.4. The van der Waals surface area contributed by atoms with Crippen molar-refractivity contribution >= 4 is 5.91 Å². The molecule has 0 aromatic carbocycles. The van der Waals surface area contributed by atoms with Gasteiger partial charge in [0.15, 0.2) is 0 Å². The highest BCUT2D eigenvalue weighted by atomic mass is 16.2. The fraction of sp³-hybridized carbons (Fsp3) is 0.556. The second-order valence-corrected chi connectivity index (χ2v) is 6.80. The van der Waals surface area contributed by atoms with Crippen LogP contribution in [0.25, 0.3) is 0 Å². The van der Waals surface area contributed by atoms with Gasteiger partial charge in [-0.25, -0.2) is 9.67 Å². The van der Waals surface area contributed by atoms with E-state index in [9.17, 15) is 4.79 Å². The van der Waals surface area contributed by atoms with Crippen LogP contribution in [0.2, 0.25) is 0 Å². The van der Waals surface area contributed by atoms with E-state index in [-0.39, 0.29) is 5.91 Å². The summed E-state index contributed by atoms with van der Waals surface area (Å²) in [5.74, 6) is 2.19. The van der Waals surface area contributed by atoms with Crippen LogP contribution in [0.4, 0.5) is 0 Å². The van der Waals surface area contributed by atoms with Gasteiger partial charge in [0.2, 0.25) is 0 Å². The lowest BCUT2D eigenvalue weighted by atomic mass is 9.97. The van der Waals surface area contributed by atoms with E-state index in [4.69, 9.17) is 0 Å². The van der Waals surface area contributed by atoms with Crippen molar-refractivity contribution in [3.8, 4) is 0 Å². The van der Waals surface area contributed by atoms with E-state index in [1.54, 1.807) is 6.20 Å². The molecule has 0 radical (unpaired) electrons. The van der Waals surface area contributed by atoms with Crippen molar-refractivity contribution in [1.82, 2.24) is 24.6 Å². The molecule has 1 atom stereocenters. The Morgan fingerprint density at radius 2 is 2.04 bits per heavy atom. The summed E-state index contributed by atoms with van der Waals surface area (Å²) in [7, 11) is 0. The van der Waals surface area contributed by atoms with Crippen LogP contribution in [-0.4, -0.2) is 43.6 Å². The molecule has 1 aliphatic rings. The van der Waals surface area contributed by atoms with Gasteiger partial charge in [-0.15, -0.1) is 0 Å². The summed E-state index contributed by atoms with van der Waals surface area (Å²) >= 11 is 0. The molecule has 1 amide bonds. The fourth-order valence-electron chi connectivity index (χ4n) is 3.28. The highest BCUT2D eigenvalue weighted by Crippen LogP contribution is 2.20. The van der Waals surface area contributed by atoms with Crippen molar-refractivity contribution in [2.24, 2.45) is 5.92 Å². The molecule has 0 N–H and O–H groups in total. The van der Waals surface area contributed by atoms with E-state index in [0.29, 0.717) is 11.6 Å². The maximum Gasteiger partial charge on any atom is 0.272 e. The minimum Gasteiger partial charge on any atom is -0.337 e. The van der Waals surface area contributed by atoms with Crippen molar-refractivity contribution in [3.05, 3.63) is 40.7 Å². The number of likely N-dealkylation sites (tertiary alicyclic amines) is 1. The predicted octanol–water partition coefficient (Wildman–Crippen LogP) is 2.46. The molecule has 3 heterocycles. The van der Waals surface area contributed by atoms with Gasteiger partial charge in [0.1, 0.15) is 17.3 Å². The van der Waals surface area contributed by atoms with Crippen LogP contribution in [0.3, 0.4) is 0 Å². The van der Waals surface area contributed by atoms with E-state index in [1.165, 1.54) is 0 Å². The predicted molar refractivity (Wildman–Crippen MR) is 91.8 cm³/mol. The zero-order valence-electron chi connectivity index (χ0n) is 14.9. The molecule has 0 bridgehead atoms. The van der Waals surface area contributed by atoms with E-state index >= 15 is 0 Å². The maximum atomic E-state index is 12.8. The Hall–Kier alpha value is -2.24. The first-order chi connectivity index (χ1) is 11.4. The lowest BCUT2D eigenvalue weighted by molar-refractivity contribution is 0.0653. The number of piperidine rings is 1. The smallest absolute Gasteiger partial charge is 0.272 e. The normalized spacial score (nSPS) is 18.0. The molecule has 1 aliphatic heterocycles. The minimum absolute atomic E-state index is 0.0364. The van der Waals surface area contributed by atoms with Crippen LogP contribution in [0, 0.1) is 33.6 Å². The minimum atomic E-state index is 0.0364. The second-order valence-electron chi connectivity index (χ2n) is 6.80. The lowest BCUT2D eigenvalue weighted by Gasteiger charge is -2.32. The number of hydrogen-bond donors (Lipinski definition) is 0. The van der Waals surface area contributed by atoms with Gasteiger partial charge in [0.25, 0.3) is 5.91 Å². The number of nitrogens with zero attached hydrogens (tertiary/aromatic N) is 5. The number of carbonyl (C=O) groups excluding carboxylic acids is 1. The third-order valence-electron chi connectivity index (χ3n) is 4.79. The van der Waals surface area contributed by atoms with Crippen LogP contribution < -0.4 is 0 Å². The first kappa shape index (κ1) is 16.6. The summed E-state index contributed by atoms with van der Waals surface area (Å²) in [5.41, 5.74) is 2.77. The van der Waals surface area contributed by atoms with E-state index in [1.807, 2.05) is 43.3 Å². The van der Waals surface area contributed by atoms with Crippen molar-refractivity contribution in [2.75, 3.05) is 13.1 Å². The molecular formula is C18H25N5O. The number of hydrogen-bond acceptors (Lipinski definition) is 4. The van der Waals surface area contributed by atoms with Crippen LogP contribution in [0.5, 0.6) is 0 Å². The molecule has 0 spiro atoms. The van der Waals surface area contributed by atoms with Gasteiger partial charge in [-0.2, -0.15) is 5.10 Å². The zero-order chi connectivity index (χ0) is 17.3. The van der Waals surface area contributed by atoms with Gasteiger partial charge in [-0.1, -0.05) is 0 Å². The second kappa shape index (κ2) is 6.71. The maximum absolute atomic E-state index is 12.8. The van der Waals surface area contributed by atoms with Crippen molar-refractivity contribution in [3.63, 3.8) is 0 Å². The van der Waals surface area contributed by atoms with E-state index < -0.39 is 0 Å². The molecule has 0 aliphatic carbocycles. The zero-order valence-corrected chi connectivity index (χ0v) is 14.9. The van der Waals surface area contributed by atoms with Crippen LogP contribution in [0.1, 0.15) is 46.1 Å². The van der Waals surface area contributed by atoms with Gasteiger partial charge in [0, 0.05) is 25.8 Å². The third-order valence-corrected chi connectivity index (χ3v) is 4.79. The highest BCUT2D eigenvalue weighted by Gasteiger charge is 2.26. The van der Waals surface area contributed by atoms with Crippen molar-refractivity contribution < 1.29 is 4.79 Å². The number of rotatable bonds is 3. The molecule has 6 heteroatoms. The molecule has 128 valence electrons. The largest absolute Gasteiger partial charge is 0.337 e. The Morgan fingerprint density at radius 3 is 2.71 bits per heavy atom. The van der Waals surface area contributed by atoms with E-state index in [2.05, 4.69) is 15.1 Å². The topological polar surface area (TPSA) is 63.9 Å². The number of carbonyl (C=O) groups is 1. The van der Waals surface area contributed by atoms with Gasteiger partial charge in [-0.3, -0.25) is 9.78 Å². The van der Waals surface area contributed by atoms with E-state index in [0.717, 1.165) is 55.3 Å². The molecule has 24 heavy (non-hydrogen) atoms. The fourth-order valence-corrected chi connectivity index (χ4v) is 3.28. The Labute approximate surface area is 142 Å². The van der Waals surface area contributed by atoms with Gasteiger partial charge >= 0.3 is 0 Å². The molecule has 1 saturated heterocycles. The average molecular weight is 327 g/mol. The summed E-state index contributed by atoms with van der Waals surface area (Å²) in [6.07, 6.45) is 3.92. The summed E-state index contributed by atoms with van der Waals surface area (Å²) in [6.45, 7) is 10.3. The van der Waals surface area contributed by atoms with Gasteiger partial charge in [0.05, 0.1) is 0 Å². The monoisotopic (exact) mass is 327 g/mol. The molecule has 1 unspecified atom stereocenters. The average Bonchev–Trinajstić information content (AvgIpc) is 2.87. The first-order valence-electron chi connectivity index (χ1n) is 8.54. The Balaban J connectivity index is 1.69. The third kappa shape index (κ3) is 3.47. The van der Waals surface area contributed by atoms with Crippen molar-refractivity contribution in [1.29, 1.82) is 0 Å². The van der Waals surface area contributed by atoms with Gasteiger partial charge in [-0.05, 0) is 63.6 Å². The molecule has 6 nitrogen and oxygen atoms in total. The number of amides is 1. The summed E-state index contributed by atoms with van der Waals surface area (Å²) in [6, 6.07) is 1.90. The molecular weight excluding hydrogens is 302 g/mol. The molecule has 2 aromatic heterocycles. The quantitative estimate of drug-likeness (QED) is 0.869. The van der Waals surface area contributed by atoms with Gasteiger partial charge < -0.3 is 4.90 Å². The number of aryl methyl sites for hydroxylation is 4. The summed E-state index contributed by atoms with van der Waals surface area (Å²) < 4.78 is 1.96. The summed E-state index contributed by atoms with van der Waals surface area (Å²) in [5, 5.41) is 4.44. The number of pyridine rings is 1. The molecule has 2 aromatic rings. The Morgan fingerprint density at radius 1 is 1.25 bits per heavy atom.